The van der Waals surface area contributed by atoms with Crippen LogP contribution < -0.4 is 0 Å². The number of carbonyl (C=O) groups is 1. The van der Waals surface area contributed by atoms with Gasteiger partial charge in [0, 0.05) is 13.1 Å². The highest BCUT2D eigenvalue weighted by Crippen LogP contribution is 2.25. The highest BCUT2D eigenvalue weighted by Gasteiger charge is 2.28. The first-order valence-corrected chi connectivity index (χ1v) is 9.00. The summed E-state index contributed by atoms with van der Waals surface area (Å²) in [7, 11) is 0. The molecule has 0 radical (unpaired) electrons. The molecule has 0 spiro atoms. The number of hydrogen-bond acceptors (Lipinski definition) is 4. The number of hydrogen-bond donors (Lipinski definition) is 1. The number of likely N-dealkylation sites (tertiary alicyclic amines) is 1. The number of amides is 1. The van der Waals surface area contributed by atoms with E-state index < -0.39 is 0 Å². The van der Waals surface area contributed by atoms with Crippen LogP contribution in [-0.2, 0) is 16.1 Å². The average Bonchev–Trinajstić information content (AvgIpc) is 2.63. The molecule has 5 heteroatoms. The first kappa shape index (κ1) is 17.2. The zero-order chi connectivity index (χ0) is 16.8. The van der Waals surface area contributed by atoms with Gasteiger partial charge in [0.1, 0.15) is 6.61 Å². The number of rotatable bonds is 4. The van der Waals surface area contributed by atoms with Crippen LogP contribution in [0.15, 0.2) is 30.3 Å². The second-order valence-corrected chi connectivity index (χ2v) is 6.79. The molecule has 0 unspecified atom stereocenters. The number of benzene rings is 1. The van der Waals surface area contributed by atoms with Gasteiger partial charge >= 0.3 is 6.09 Å². The van der Waals surface area contributed by atoms with Gasteiger partial charge in [-0.2, -0.15) is 0 Å². The Morgan fingerprint density at radius 1 is 1.00 bits per heavy atom. The van der Waals surface area contributed by atoms with Crippen LogP contribution in [0.1, 0.15) is 44.1 Å². The van der Waals surface area contributed by atoms with Gasteiger partial charge in [-0.15, -0.1) is 0 Å². The van der Waals surface area contributed by atoms with Gasteiger partial charge < -0.3 is 19.5 Å². The van der Waals surface area contributed by atoms with Gasteiger partial charge in [-0.25, -0.2) is 4.79 Å². The van der Waals surface area contributed by atoms with Gasteiger partial charge in [0.05, 0.1) is 18.3 Å². The Labute approximate surface area is 143 Å². The van der Waals surface area contributed by atoms with Crippen molar-refractivity contribution < 1.29 is 19.4 Å². The third-order valence-corrected chi connectivity index (χ3v) is 4.93. The lowest BCUT2D eigenvalue weighted by molar-refractivity contribution is -0.0675. The van der Waals surface area contributed by atoms with Crippen molar-refractivity contribution in [1.29, 1.82) is 0 Å². The topological polar surface area (TPSA) is 59.0 Å². The molecule has 1 N–H and O–H groups in total. The van der Waals surface area contributed by atoms with E-state index >= 15 is 0 Å². The van der Waals surface area contributed by atoms with Gasteiger partial charge in [-0.1, -0.05) is 30.3 Å². The van der Waals surface area contributed by atoms with Crippen LogP contribution in [0.2, 0.25) is 0 Å². The Kier molecular flexibility index (Phi) is 6.10. The minimum Gasteiger partial charge on any atom is -0.445 e. The predicted molar refractivity (Wildman–Crippen MR) is 90.6 cm³/mol. The Hall–Kier alpha value is -1.59. The lowest BCUT2D eigenvalue weighted by Gasteiger charge is -2.35. The van der Waals surface area contributed by atoms with Gasteiger partial charge in [0.2, 0.25) is 0 Å². The third kappa shape index (κ3) is 4.95. The van der Waals surface area contributed by atoms with Crippen molar-refractivity contribution in [1.82, 2.24) is 4.90 Å². The van der Waals surface area contributed by atoms with E-state index in [0.29, 0.717) is 19.7 Å². The van der Waals surface area contributed by atoms with Crippen LogP contribution in [0.5, 0.6) is 0 Å². The van der Waals surface area contributed by atoms with Gasteiger partial charge in [-0.3, -0.25) is 0 Å². The molecule has 3 rings (SSSR count). The number of piperidine rings is 1. The first-order valence-electron chi connectivity index (χ1n) is 9.00. The van der Waals surface area contributed by atoms with E-state index in [0.717, 1.165) is 44.1 Å². The maximum Gasteiger partial charge on any atom is 0.410 e. The van der Waals surface area contributed by atoms with Gasteiger partial charge in [-0.05, 0) is 44.1 Å². The molecule has 2 fully saturated rings. The maximum absolute atomic E-state index is 12.1. The Morgan fingerprint density at radius 2 is 1.62 bits per heavy atom. The molecule has 1 saturated heterocycles. The zero-order valence-electron chi connectivity index (χ0n) is 14.1. The molecule has 2 aliphatic rings. The molecular weight excluding hydrogens is 306 g/mol. The standard InChI is InChI=1S/C19H27NO4/c21-16-6-8-17(9-7-16)24-18-10-12-20(13-11-18)19(22)23-14-15-4-2-1-3-5-15/h1-5,16-18,21H,6-14H2. The van der Waals surface area contributed by atoms with Crippen LogP contribution in [0, 0.1) is 0 Å². The Morgan fingerprint density at radius 3 is 2.29 bits per heavy atom. The SMILES string of the molecule is O=C(OCc1ccccc1)N1CCC(OC2CCC(O)CC2)CC1. The summed E-state index contributed by atoms with van der Waals surface area (Å²) in [5, 5.41) is 9.55. The van der Waals surface area contributed by atoms with Crippen LogP contribution in [0.25, 0.3) is 0 Å². The van der Waals surface area contributed by atoms with Crippen molar-refractivity contribution >= 4 is 6.09 Å². The van der Waals surface area contributed by atoms with Crippen LogP contribution in [0.3, 0.4) is 0 Å². The molecule has 1 aromatic carbocycles. The monoisotopic (exact) mass is 333 g/mol. The summed E-state index contributed by atoms with van der Waals surface area (Å²) < 4.78 is 11.5. The molecule has 0 atom stereocenters. The predicted octanol–water partition coefficient (Wildman–Crippen LogP) is 3.11. The van der Waals surface area contributed by atoms with E-state index in [1.54, 1.807) is 4.90 Å². The number of aliphatic hydroxyl groups is 1. The van der Waals surface area contributed by atoms with Crippen LogP contribution in [-0.4, -0.2) is 47.5 Å². The van der Waals surface area contributed by atoms with E-state index in [-0.39, 0.29) is 24.4 Å². The third-order valence-electron chi connectivity index (χ3n) is 4.93. The molecule has 5 nitrogen and oxygen atoms in total. The van der Waals surface area contributed by atoms with Crippen molar-refractivity contribution in [3.05, 3.63) is 35.9 Å². The number of aliphatic hydroxyl groups excluding tert-OH is 1. The zero-order valence-corrected chi connectivity index (χ0v) is 14.1. The Bertz CT molecular complexity index is 505. The summed E-state index contributed by atoms with van der Waals surface area (Å²) in [5.41, 5.74) is 1.00. The fourth-order valence-corrected chi connectivity index (χ4v) is 3.44. The average molecular weight is 333 g/mol. The first-order chi connectivity index (χ1) is 11.7. The summed E-state index contributed by atoms with van der Waals surface area (Å²) >= 11 is 0. The summed E-state index contributed by atoms with van der Waals surface area (Å²) in [5.74, 6) is 0. The second kappa shape index (κ2) is 8.49. The molecule has 24 heavy (non-hydrogen) atoms. The van der Waals surface area contributed by atoms with Crippen LogP contribution in [0.4, 0.5) is 4.79 Å². The minimum absolute atomic E-state index is 0.147. The van der Waals surface area contributed by atoms with E-state index in [4.69, 9.17) is 9.47 Å². The van der Waals surface area contributed by atoms with E-state index in [9.17, 15) is 9.90 Å². The maximum atomic E-state index is 12.1. The smallest absolute Gasteiger partial charge is 0.410 e. The molecule has 1 heterocycles. The fraction of sp³-hybridized carbons (Fsp3) is 0.632. The normalized spacial score (nSPS) is 25.5. The molecule has 1 aromatic rings. The van der Waals surface area contributed by atoms with E-state index in [1.165, 1.54) is 0 Å². The molecule has 1 amide bonds. The molecule has 0 aromatic heterocycles. The summed E-state index contributed by atoms with van der Waals surface area (Å²) in [6, 6.07) is 9.73. The highest BCUT2D eigenvalue weighted by molar-refractivity contribution is 5.67. The summed E-state index contributed by atoms with van der Waals surface area (Å²) in [6.07, 6.45) is 5.41. The fourth-order valence-electron chi connectivity index (χ4n) is 3.44. The number of ether oxygens (including phenoxy) is 2. The molecule has 1 aliphatic heterocycles. The van der Waals surface area contributed by atoms with E-state index in [1.807, 2.05) is 30.3 Å². The van der Waals surface area contributed by atoms with Crippen molar-refractivity contribution in [3.8, 4) is 0 Å². The minimum atomic E-state index is -0.238. The largest absolute Gasteiger partial charge is 0.445 e. The number of carbonyl (C=O) groups excluding carboxylic acids is 1. The lowest BCUT2D eigenvalue weighted by Crippen LogP contribution is -2.42. The summed E-state index contributed by atoms with van der Waals surface area (Å²) in [4.78, 5) is 13.9. The highest BCUT2D eigenvalue weighted by atomic mass is 16.6. The molecule has 132 valence electrons. The molecule has 0 bridgehead atoms. The molecule has 1 aliphatic carbocycles. The molecular formula is C19H27NO4. The number of nitrogens with zero attached hydrogens (tertiary/aromatic N) is 1. The van der Waals surface area contributed by atoms with Gasteiger partial charge in [0.25, 0.3) is 0 Å². The van der Waals surface area contributed by atoms with Crippen molar-refractivity contribution in [2.45, 2.75) is 63.4 Å². The lowest BCUT2D eigenvalue weighted by atomic mass is 9.94. The van der Waals surface area contributed by atoms with Crippen molar-refractivity contribution in [3.63, 3.8) is 0 Å². The Balaban J connectivity index is 1.36. The molecule has 1 saturated carbocycles. The quantitative estimate of drug-likeness (QED) is 0.920. The van der Waals surface area contributed by atoms with Crippen LogP contribution >= 0.6 is 0 Å². The van der Waals surface area contributed by atoms with Crippen molar-refractivity contribution in [2.75, 3.05) is 13.1 Å². The summed E-state index contributed by atoms with van der Waals surface area (Å²) in [6.45, 7) is 1.70. The second-order valence-electron chi connectivity index (χ2n) is 6.79. The van der Waals surface area contributed by atoms with Crippen molar-refractivity contribution in [2.24, 2.45) is 0 Å². The van der Waals surface area contributed by atoms with E-state index in [2.05, 4.69) is 0 Å². The van der Waals surface area contributed by atoms with Gasteiger partial charge in [0.15, 0.2) is 0 Å².